The van der Waals surface area contributed by atoms with Crippen molar-refractivity contribution < 1.29 is 5.11 Å². The van der Waals surface area contributed by atoms with E-state index in [9.17, 15) is 5.11 Å². The van der Waals surface area contributed by atoms with E-state index in [0.29, 0.717) is 18.0 Å². The highest BCUT2D eigenvalue weighted by Crippen LogP contribution is 2.16. The van der Waals surface area contributed by atoms with Crippen LogP contribution >= 0.6 is 11.6 Å². The number of nitrogens with zero attached hydrogens (tertiary/aromatic N) is 3. The zero-order valence-electron chi connectivity index (χ0n) is 11.2. The molecule has 0 spiro atoms. The fourth-order valence-electron chi connectivity index (χ4n) is 1.97. The van der Waals surface area contributed by atoms with Crippen LogP contribution in [0.2, 0.25) is 5.02 Å². The Hall–Kier alpha value is -1.39. The van der Waals surface area contributed by atoms with Crippen molar-refractivity contribution >= 4 is 11.6 Å². The van der Waals surface area contributed by atoms with Crippen LogP contribution in [0.1, 0.15) is 30.8 Å². The van der Waals surface area contributed by atoms with Gasteiger partial charge in [-0.1, -0.05) is 42.8 Å². The van der Waals surface area contributed by atoms with E-state index in [-0.39, 0.29) is 6.61 Å². The lowest BCUT2D eigenvalue weighted by atomic mass is 10.1. The standard InChI is InChI=1S/C14H18ClN3O/c1-10(2)8-18-14(13(9-19)16-17-18)7-11-3-5-12(15)6-4-11/h3-6,10,19H,7-9H2,1-2H3. The summed E-state index contributed by atoms with van der Waals surface area (Å²) in [7, 11) is 0. The third-order valence-electron chi connectivity index (χ3n) is 2.89. The SMILES string of the molecule is CC(C)Cn1nnc(CO)c1Cc1ccc(Cl)cc1. The molecule has 0 aliphatic heterocycles. The van der Waals surface area contributed by atoms with Crippen molar-refractivity contribution in [3.05, 3.63) is 46.2 Å². The molecule has 0 saturated heterocycles. The zero-order valence-corrected chi connectivity index (χ0v) is 11.9. The van der Waals surface area contributed by atoms with E-state index in [0.717, 1.165) is 22.8 Å². The largest absolute Gasteiger partial charge is 0.390 e. The van der Waals surface area contributed by atoms with Gasteiger partial charge in [0.1, 0.15) is 5.69 Å². The summed E-state index contributed by atoms with van der Waals surface area (Å²) in [5.41, 5.74) is 2.75. The van der Waals surface area contributed by atoms with Crippen LogP contribution in [0.4, 0.5) is 0 Å². The van der Waals surface area contributed by atoms with Crippen molar-refractivity contribution in [1.29, 1.82) is 0 Å². The Bertz CT molecular complexity index is 534. The molecule has 0 saturated carbocycles. The smallest absolute Gasteiger partial charge is 0.112 e. The fourth-order valence-corrected chi connectivity index (χ4v) is 2.10. The van der Waals surface area contributed by atoms with Gasteiger partial charge in [-0.25, -0.2) is 4.68 Å². The van der Waals surface area contributed by atoms with Gasteiger partial charge in [0.25, 0.3) is 0 Å². The van der Waals surface area contributed by atoms with Crippen molar-refractivity contribution in [3.63, 3.8) is 0 Å². The number of aromatic nitrogens is 3. The molecule has 1 heterocycles. The van der Waals surface area contributed by atoms with Gasteiger partial charge in [-0.2, -0.15) is 0 Å². The number of hydrogen-bond acceptors (Lipinski definition) is 3. The number of halogens is 1. The van der Waals surface area contributed by atoms with Crippen LogP contribution in [0.25, 0.3) is 0 Å². The predicted molar refractivity (Wildman–Crippen MR) is 75.0 cm³/mol. The normalized spacial score (nSPS) is 11.2. The van der Waals surface area contributed by atoms with Crippen LogP contribution < -0.4 is 0 Å². The summed E-state index contributed by atoms with van der Waals surface area (Å²) in [6, 6.07) is 7.70. The fraction of sp³-hybridized carbons (Fsp3) is 0.429. The van der Waals surface area contributed by atoms with Crippen molar-refractivity contribution in [2.75, 3.05) is 0 Å². The second-order valence-corrected chi connectivity index (χ2v) is 5.46. The predicted octanol–water partition coefficient (Wildman–Crippen LogP) is 2.67. The van der Waals surface area contributed by atoms with Gasteiger partial charge >= 0.3 is 0 Å². The molecule has 0 fully saturated rings. The maximum absolute atomic E-state index is 9.35. The average molecular weight is 280 g/mol. The molecule has 0 radical (unpaired) electrons. The number of rotatable bonds is 5. The summed E-state index contributed by atoms with van der Waals surface area (Å²) in [5, 5.41) is 18.2. The van der Waals surface area contributed by atoms with Crippen LogP contribution in [0.5, 0.6) is 0 Å². The molecule has 0 aliphatic rings. The quantitative estimate of drug-likeness (QED) is 0.915. The minimum absolute atomic E-state index is 0.0823. The average Bonchev–Trinajstić information content (AvgIpc) is 2.74. The molecule has 0 amide bonds. The lowest BCUT2D eigenvalue weighted by Crippen LogP contribution is -2.11. The van der Waals surface area contributed by atoms with Crippen LogP contribution in [0.15, 0.2) is 24.3 Å². The minimum atomic E-state index is -0.0823. The van der Waals surface area contributed by atoms with E-state index in [1.54, 1.807) is 0 Å². The summed E-state index contributed by atoms with van der Waals surface area (Å²) >= 11 is 5.88. The summed E-state index contributed by atoms with van der Waals surface area (Å²) in [4.78, 5) is 0. The maximum Gasteiger partial charge on any atom is 0.112 e. The summed E-state index contributed by atoms with van der Waals surface area (Å²) in [6.45, 7) is 4.98. The van der Waals surface area contributed by atoms with E-state index >= 15 is 0 Å². The Kier molecular flexibility index (Phi) is 4.56. The Balaban J connectivity index is 2.26. The van der Waals surface area contributed by atoms with Gasteiger partial charge in [0, 0.05) is 18.0 Å². The van der Waals surface area contributed by atoms with E-state index < -0.39 is 0 Å². The van der Waals surface area contributed by atoms with E-state index in [1.165, 1.54) is 0 Å². The summed E-state index contributed by atoms with van der Waals surface area (Å²) in [6.07, 6.45) is 0.701. The molecule has 0 atom stereocenters. The molecule has 0 bridgehead atoms. The van der Waals surface area contributed by atoms with Gasteiger partial charge in [0.15, 0.2) is 0 Å². The summed E-state index contributed by atoms with van der Waals surface area (Å²) in [5.74, 6) is 0.484. The second kappa shape index (κ2) is 6.17. The van der Waals surface area contributed by atoms with E-state index in [1.807, 2.05) is 28.9 Å². The molecular formula is C14H18ClN3O. The monoisotopic (exact) mass is 279 g/mol. The van der Waals surface area contributed by atoms with E-state index in [2.05, 4.69) is 24.2 Å². The van der Waals surface area contributed by atoms with Crippen LogP contribution in [0, 0.1) is 5.92 Å². The third-order valence-corrected chi connectivity index (χ3v) is 3.14. The van der Waals surface area contributed by atoms with Gasteiger partial charge in [-0.15, -0.1) is 5.10 Å². The topological polar surface area (TPSA) is 50.9 Å². The molecule has 5 heteroatoms. The zero-order chi connectivity index (χ0) is 13.8. The molecule has 0 unspecified atom stereocenters. The third kappa shape index (κ3) is 3.55. The molecule has 4 nitrogen and oxygen atoms in total. The van der Waals surface area contributed by atoms with Crippen molar-refractivity contribution in [1.82, 2.24) is 15.0 Å². The second-order valence-electron chi connectivity index (χ2n) is 5.02. The molecule has 0 aliphatic carbocycles. The first-order valence-corrected chi connectivity index (χ1v) is 6.74. The maximum atomic E-state index is 9.35. The van der Waals surface area contributed by atoms with Crippen molar-refractivity contribution in [2.45, 2.75) is 33.4 Å². The molecule has 19 heavy (non-hydrogen) atoms. The van der Waals surface area contributed by atoms with Crippen LogP contribution in [-0.2, 0) is 19.6 Å². The Morgan fingerprint density at radius 1 is 1.26 bits per heavy atom. The molecule has 102 valence electrons. The van der Waals surface area contributed by atoms with Gasteiger partial charge in [0.2, 0.25) is 0 Å². The number of benzene rings is 1. The molecule has 1 N–H and O–H groups in total. The number of hydrogen-bond donors (Lipinski definition) is 1. The first-order valence-electron chi connectivity index (χ1n) is 6.36. The lowest BCUT2D eigenvalue weighted by molar-refractivity contribution is 0.275. The highest BCUT2D eigenvalue weighted by molar-refractivity contribution is 6.30. The summed E-state index contributed by atoms with van der Waals surface area (Å²) < 4.78 is 1.88. The Labute approximate surface area is 118 Å². The molecule has 2 rings (SSSR count). The van der Waals surface area contributed by atoms with Gasteiger partial charge in [-0.05, 0) is 23.6 Å². The molecule has 1 aromatic carbocycles. The molecule has 1 aromatic heterocycles. The molecular weight excluding hydrogens is 262 g/mol. The van der Waals surface area contributed by atoms with E-state index in [4.69, 9.17) is 11.6 Å². The Morgan fingerprint density at radius 2 is 1.95 bits per heavy atom. The number of aliphatic hydroxyl groups is 1. The van der Waals surface area contributed by atoms with Crippen molar-refractivity contribution in [3.8, 4) is 0 Å². The van der Waals surface area contributed by atoms with Crippen molar-refractivity contribution in [2.24, 2.45) is 5.92 Å². The lowest BCUT2D eigenvalue weighted by Gasteiger charge is -2.10. The Morgan fingerprint density at radius 3 is 2.53 bits per heavy atom. The highest BCUT2D eigenvalue weighted by Gasteiger charge is 2.13. The van der Waals surface area contributed by atoms with Gasteiger partial charge in [0.05, 0.1) is 12.3 Å². The van der Waals surface area contributed by atoms with Crippen LogP contribution in [0.3, 0.4) is 0 Å². The van der Waals surface area contributed by atoms with Crippen LogP contribution in [-0.4, -0.2) is 20.1 Å². The van der Waals surface area contributed by atoms with Gasteiger partial charge in [-0.3, -0.25) is 0 Å². The first-order chi connectivity index (χ1) is 9.10. The first kappa shape index (κ1) is 14.0. The highest BCUT2D eigenvalue weighted by atomic mass is 35.5. The molecule has 2 aromatic rings. The minimum Gasteiger partial charge on any atom is -0.390 e. The number of aliphatic hydroxyl groups excluding tert-OH is 1. The van der Waals surface area contributed by atoms with Gasteiger partial charge < -0.3 is 5.11 Å².